The van der Waals surface area contributed by atoms with E-state index in [4.69, 9.17) is 16.6 Å². The van der Waals surface area contributed by atoms with Crippen molar-refractivity contribution in [2.75, 3.05) is 10.6 Å². The normalized spacial score (nSPS) is 15.1. The third-order valence-electron chi connectivity index (χ3n) is 5.32. The van der Waals surface area contributed by atoms with E-state index in [1.54, 1.807) is 24.5 Å². The number of allylic oxidation sites excluding steroid dienone is 1. The molecule has 0 aliphatic carbocycles. The molecular formula is C24H20ClN6O+. The summed E-state index contributed by atoms with van der Waals surface area (Å²) in [6, 6.07) is 20.4. The molecule has 2 aromatic heterocycles. The Balaban J connectivity index is 1.63. The molecule has 0 fully saturated rings. The van der Waals surface area contributed by atoms with Crippen molar-refractivity contribution in [3.63, 3.8) is 0 Å². The highest BCUT2D eigenvalue weighted by molar-refractivity contribution is 6.31. The predicted octanol–water partition coefficient (Wildman–Crippen LogP) is 4.34. The monoisotopic (exact) mass is 443 g/mol. The molecule has 4 aromatic rings. The average Bonchev–Trinajstić information content (AvgIpc) is 3.23. The molecule has 8 heteroatoms. The Morgan fingerprint density at radius 2 is 1.84 bits per heavy atom. The first-order valence-corrected chi connectivity index (χ1v) is 10.5. The number of pyridine rings is 1. The Morgan fingerprint density at radius 1 is 1.06 bits per heavy atom. The fourth-order valence-corrected chi connectivity index (χ4v) is 4.08. The number of carbonyl (C=O) groups excluding carboxylic acids is 1. The van der Waals surface area contributed by atoms with Crippen molar-refractivity contribution in [3.05, 3.63) is 101 Å². The number of halogens is 1. The number of nitrogens with zero attached hydrogens (tertiary/aromatic N) is 3. The number of amides is 1. The number of benzene rings is 2. The zero-order valence-corrected chi connectivity index (χ0v) is 18.0. The molecule has 0 spiro atoms. The van der Waals surface area contributed by atoms with E-state index >= 15 is 0 Å². The van der Waals surface area contributed by atoms with E-state index < -0.39 is 6.04 Å². The van der Waals surface area contributed by atoms with Crippen molar-refractivity contribution in [2.24, 2.45) is 0 Å². The second-order valence-electron chi connectivity index (χ2n) is 7.42. The minimum atomic E-state index is -0.499. The Hall–Kier alpha value is -3.97. The van der Waals surface area contributed by atoms with Gasteiger partial charge in [0.1, 0.15) is 0 Å². The molecule has 5 rings (SSSR count). The van der Waals surface area contributed by atoms with E-state index in [0.29, 0.717) is 33.8 Å². The van der Waals surface area contributed by atoms with Crippen LogP contribution in [0.1, 0.15) is 18.5 Å². The van der Waals surface area contributed by atoms with Crippen molar-refractivity contribution >= 4 is 29.1 Å². The van der Waals surface area contributed by atoms with Crippen molar-refractivity contribution in [2.45, 2.75) is 13.0 Å². The van der Waals surface area contributed by atoms with Crippen LogP contribution in [-0.4, -0.2) is 21.0 Å². The predicted molar refractivity (Wildman–Crippen MR) is 123 cm³/mol. The number of H-pyrrole nitrogens is 1. The fourth-order valence-electron chi connectivity index (χ4n) is 3.84. The molecule has 2 aromatic carbocycles. The van der Waals surface area contributed by atoms with Crippen LogP contribution >= 0.6 is 11.6 Å². The van der Waals surface area contributed by atoms with Gasteiger partial charge in [0.25, 0.3) is 5.91 Å². The Bertz CT molecular complexity index is 1320. The molecule has 32 heavy (non-hydrogen) atoms. The summed E-state index contributed by atoms with van der Waals surface area (Å²) in [5, 5.41) is 10.1. The largest absolute Gasteiger partial charge is 0.417 e. The number of rotatable bonds is 4. The number of carbonyl (C=O) groups is 1. The Labute approximate surface area is 189 Å². The Morgan fingerprint density at radius 3 is 2.59 bits per heavy atom. The van der Waals surface area contributed by atoms with E-state index in [2.05, 4.69) is 20.7 Å². The zero-order chi connectivity index (χ0) is 22.1. The summed E-state index contributed by atoms with van der Waals surface area (Å²) in [4.78, 5) is 22.2. The van der Waals surface area contributed by atoms with E-state index in [0.717, 1.165) is 11.1 Å². The lowest BCUT2D eigenvalue weighted by Crippen LogP contribution is -2.50. The van der Waals surface area contributed by atoms with Crippen LogP contribution in [0.25, 0.3) is 11.4 Å². The first-order chi connectivity index (χ1) is 15.6. The highest BCUT2D eigenvalue weighted by atomic mass is 35.5. The summed E-state index contributed by atoms with van der Waals surface area (Å²) in [5.41, 5.74) is 3.57. The van der Waals surface area contributed by atoms with Crippen LogP contribution in [-0.2, 0) is 4.79 Å². The number of aromatic nitrogens is 4. The van der Waals surface area contributed by atoms with E-state index in [1.807, 2.05) is 66.2 Å². The molecule has 1 atom stereocenters. The maximum atomic E-state index is 13.4. The van der Waals surface area contributed by atoms with Crippen LogP contribution < -0.4 is 15.3 Å². The quantitative estimate of drug-likeness (QED) is 0.409. The van der Waals surface area contributed by atoms with Gasteiger partial charge in [0, 0.05) is 22.3 Å². The maximum Gasteiger partial charge on any atom is 0.417 e. The standard InChI is InChI=1S/C24H19ClN6O/c1-15-20(23(32)28-17-10-7-13-26-14-17)21(18-11-5-6-12-19(18)25)31-24(27-15)29-22(30-31)16-8-3-2-4-9-16/h2-14,21H,1H3,(H2,27,28,29,30,32)/p+1. The van der Waals surface area contributed by atoms with Gasteiger partial charge in [0.05, 0.1) is 23.2 Å². The van der Waals surface area contributed by atoms with Gasteiger partial charge in [-0.1, -0.05) is 48.0 Å². The van der Waals surface area contributed by atoms with Gasteiger partial charge in [-0.05, 0) is 42.2 Å². The lowest BCUT2D eigenvalue weighted by Gasteiger charge is -2.24. The molecular weight excluding hydrogens is 424 g/mol. The zero-order valence-electron chi connectivity index (χ0n) is 17.2. The highest BCUT2D eigenvalue weighted by Crippen LogP contribution is 2.34. The fraction of sp³-hybridized carbons (Fsp3) is 0.0833. The molecule has 1 aliphatic heterocycles. The lowest BCUT2D eigenvalue weighted by atomic mass is 9.95. The summed E-state index contributed by atoms with van der Waals surface area (Å²) in [5.74, 6) is 1.04. The van der Waals surface area contributed by atoms with Gasteiger partial charge in [-0.3, -0.25) is 9.78 Å². The second-order valence-corrected chi connectivity index (χ2v) is 7.82. The van der Waals surface area contributed by atoms with Crippen molar-refractivity contribution < 1.29 is 9.48 Å². The number of hydrogen-bond donors (Lipinski definition) is 3. The second kappa shape index (κ2) is 8.28. The van der Waals surface area contributed by atoms with Crippen LogP contribution in [0.5, 0.6) is 0 Å². The van der Waals surface area contributed by atoms with Crippen LogP contribution in [0, 0.1) is 0 Å². The third-order valence-corrected chi connectivity index (χ3v) is 5.66. The molecule has 0 saturated carbocycles. The first-order valence-electron chi connectivity index (χ1n) is 10.1. The molecule has 158 valence electrons. The minimum absolute atomic E-state index is 0.248. The molecule has 1 amide bonds. The molecule has 3 N–H and O–H groups in total. The smallest absolute Gasteiger partial charge is 0.321 e. The summed E-state index contributed by atoms with van der Waals surface area (Å²) in [6.07, 6.45) is 3.27. The van der Waals surface area contributed by atoms with Crippen molar-refractivity contribution in [3.8, 4) is 11.4 Å². The first kappa shape index (κ1) is 20.0. The molecule has 7 nitrogen and oxygen atoms in total. The van der Waals surface area contributed by atoms with E-state index in [1.165, 1.54) is 0 Å². The van der Waals surface area contributed by atoms with E-state index in [9.17, 15) is 4.79 Å². The molecule has 1 unspecified atom stereocenters. The Kier molecular flexibility index (Phi) is 5.17. The minimum Gasteiger partial charge on any atom is -0.321 e. The van der Waals surface area contributed by atoms with Gasteiger partial charge >= 0.3 is 5.95 Å². The number of aromatic amines is 1. The third kappa shape index (κ3) is 3.63. The average molecular weight is 444 g/mol. The van der Waals surface area contributed by atoms with Gasteiger partial charge in [0.2, 0.25) is 5.82 Å². The highest BCUT2D eigenvalue weighted by Gasteiger charge is 2.40. The summed E-state index contributed by atoms with van der Waals surface area (Å²) in [6.45, 7) is 1.86. The van der Waals surface area contributed by atoms with Crippen molar-refractivity contribution in [1.82, 2.24) is 15.1 Å². The molecule has 0 saturated heterocycles. The topological polar surface area (TPSA) is 86.6 Å². The van der Waals surface area contributed by atoms with Gasteiger partial charge in [-0.2, -0.15) is 0 Å². The van der Waals surface area contributed by atoms with Crippen molar-refractivity contribution in [1.29, 1.82) is 0 Å². The van der Waals surface area contributed by atoms with Gasteiger partial charge in [0.15, 0.2) is 6.04 Å². The summed E-state index contributed by atoms with van der Waals surface area (Å²) in [7, 11) is 0. The number of hydrogen-bond acceptors (Lipinski definition) is 4. The maximum absolute atomic E-state index is 13.4. The SMILES string of the molecule is CC1=C(C(=O)Nc2cccnc2)C(c2ccccc2Cl)[n+]2[nH]c(-c3ccccc3)nc2N1. The molecule has 0 bridgehead atoms. The molecule has 0 radical (unpaired) electrons. The number of anilines is 2. The summed E-state index contributed by atoms with van der Waals surface area (Å²) >= 11 is 6.59. The van der Waals surface area contributed by atoms with Crippen LogP contribution in [0.15, 0.2) is 90.4 Å². The lowest BCUT2D eigenvalue weighted by molar-refractivity contribution is -0.746. The molecule has 3 heterocycles. The van der Waals surface area contributed by atoms with Crippen LogP contribution in [0.4, 0.5) is 11.6 Å². The van der Waals surface area contributed by atoms with Gasteiger partial charge in [-0.25, -0.2) is 10.4 Å². The van der Waals surface area contributed by atoms with Gasteiger partial charge < -0.3 is 5.32 Å². The number of nitrogens with one attached hydrogen (secondary N) is 3. The van der Waals surface area contributed by atoms with Crippen LogP contribution in [0.3, 0.4) is 0 Å². The summed E-state index contributed by atoms with van der Waals surface area (Å²) < 4.78 is 1.84. The van der Waals surface area contributed by atoms with Gasteiger partial charge in [-0.15, -0.1) is 4.68 Å². The van der Waals surface area contributed by atoms with Crippen LogP contribution in [0.2, 0.25) is 5.02 Å². The molecule has 1 aliphatic rings. The number of fused-ring (bicyclic) bond motifs is 1. The van der Waals surface area contributed by atoms with E-state index in [-0.39, 0.29) is 5.91 Å².